The van der Waals surface area contributed by atoms with E-state index in [0.717, 1.165) is 23.7 Å². The molecule has 4 nitrogen and oxygen atoms in total. The van der Waals surface area contributed by atoms with Crippen LogP contribution in [-0.2, 0) is 9.53 Å². The molecule has 0 radical (unpaired) electrons. The van der Waals surface area contributed by atoms with Crippen molar-refractivity contribution in [2.45, 2.75) is 25.4 Å². The number of allylic oxidation sites excluding steroid dienone is 2. The lowest BCUT2D eigenvalue weighted by atomic mass is 9.99. The van der Waals surface area contributed by atoms with Crippen molar-refractivity contribution in [3.05, 3.63) is 84.1 Å². The molecule has 0 bridgehead atoms. The fourth-order valence-corrected chi connectivity index (χ4v) is 3.58. The Kier molecular flexibility index (Phi) is 4.88. The summed E-state index contributed by atoms with van der Waals surface area (Å²) in [6.45, 7) is 0. The molecule has 1 aliphatic rings. The van der Waals surface area contributed by atoms with Crippen molar-refractivity contribution in [1.82, 2.24) is 4.98 Å². The molecule has 3 aromatic rings. The van der Waals surface area contributed by atoms with E-state index in [4.69, 9.17) is 4.74 Å². The van der Waals surface area contributed by atoms with Crippen molar-refractivity contribution < 1.29 is 14.3 Å². The van der Waals surface area contributed by atoms with E-state index in [1.54, 1.807) is 6.20 Å². The van der Waals surface area contributed by atoms with Gasteiger partial charge in [0.1, 0.15) is 0 Å². The van der Waals surface area contributed by atoms with Gasteiger partial charge in [-0.2, -0.15) is 0 Å². The van der Waals surface area contributed by atoms with Crippen LogP contribution in [0.4, 0.5) is 0 Å². The van der Waals surface area contributed by atoms with Crippen LogP contribution in [0.2, 0.25) is 0 Å². The second kappa shape index (κ2) is 7.62. The smallest absolute Gasteiger partial charge is 0.307 e. The molecule has 1 aliphatic carbocycles. The molecule has 0 spiro atoms. The molecule has 2 aromatic carbocycles. The van der Waals surface area contributed by atoms with Gasteiger partial charge in [0.25, 0.3) is 0 Å². The van der Waals surface area contributed by atoms with Crippen molar-refractivity contribution >= 4 is 22.7 Å². The third-order valence-electron chi connectivity index (χ3n) is 4.99. The number of benzene rings is 2. The van der Waals surface area contributed by atoms with Gasteiger partial charge in [0.15, 0.2) is 6.10 Å². The quantitative estimate of drug-likeness (QED) is 0.383. The molecule has 27 heavy (non-hydrogen) atoms. The molecule has 1 N–H and O–H groups in total. The van der Waals surface area contributed by atoms with Gasteiger partial charge in [-0.1, -0.05) is 60.7 Å². The summed E-state index contributed by atoms with van der Waals surface area (Å²) in [5.41, 5.74) is 2.10. The minimum Gasteiger partial charge on any atom is -0.449 e. The Morgan fingerprint density at radius 1 is 1.07 bits per heavy atom. The van der Waals surface area contributed by atoms with E-state index >= 15 is 0 Å². The summed E-state index contributed by atoms with van der Waals surface area (Å²) < 4.78 is 5.70. The van der Waals surface area contributed by atoms with E-state index < -0.39 is 6.10 Å². The second-order valence-corrected chi connectivity index (χ2v) is 6.86. The van der Waals surface area contributed by atoms with Gasteiger partial charge in [-0.25, -0.2) is 0 Å². The van der Waals surface area contributed by atoms with E-state index in [0.29, 0.717) is 17.5 Å². The number of rotatable bonds is 6. The van der Waals surface area contributed by atoms with Crippen LogP contribution >= 0.6 is 0 Å². The lowest BCUT2D eigenvalue weighted by molar-refractivity contribution is -0.148. The van der Waals surface area contributed by atoms with Gasteiger partial charge < -0.3 is 9.72 Å². The first-order valence-corrected chi connectivity index (χ1v) is 9.24. The molecule has 2 atom stereocenters. The third kappa shape index (κ3) is 3.70. The van der Waals surface area contributed by atoms with E-state index in [2.05, 4.69) is 17.1 Å². The SMILES string of the molecule is O=C(C[C@H]1C=CCC1)O[C@H](C(=O)c1c[nH]c2ccccc12)c1ccccc1. The van der Waals surface area contributed by atoms with E-state index in [9.17, 15) is 9.59 Å². The molecular formula is C23H21NO3. The van der Waals surface area contributed by atoms with Gasteiger partial charge in [0, 0.05) is 28.2 Å². The van der Waals surface area contributed by atoms with Crippen LogP contribution in [0.15, 0.2) is 72.9 Å². The maximum absolute atomic E-state index is 13.3. The molecule has 0 fully saturated rings. The normalized spacial score (nSPS) is 17.1. The highest BCUT2D eigenvalue weighted by atomic mass is 16.5. The summed E-state index contributed by atoms with van der Waals surface area (Å²) in [5.74, 6) is -0.348. The zero-order valence-electron chi connectivity index (χ0n) is 14.9. The van der Waals surface area contributed by atoms with Gasteiger partial charge in [-0.15, -0.1) is 0 Å². The van der Waals surface area contributed by atoms with Crippen LogP contribution < -0.4 is 0 Å². The highest BCUT2D eigenvalue weighted by Gasteiger charge is 2.28. The molecule has 0 unspecified atom stereocenters. The van der Waals surface area contributed by atoms with Crippen molar-refractivity contribution in [3.63, 3.8) is 0 Å². The first-order chi connectivity index (χ1) is 13.2. The Labute approximate surface area is 157 Å². The highest BCUT2D eigenvalue weighted by molar-refractivity contribution is 6.10. The Balaban J connectivity index is 1.62. The molecule has 136 valence electrons. The standard InChI is InChI=1S/C23H21NO3/c25-21(14-16-8-4-5-9-16)27-23(17-10-2-1-3-11-17)22(26)19-15-24-20-13-7-6-12-18(19)20/h1-4,6-8,10-13,15-16,23-24H,5,9,14H2/t16-,23-/m0/s1. The van der Waals surface area contributed by atoms with Crippen molar-refractivity contribution in [2.75, 3.05) is 0 Å². The summed E-state index contributed by atoms with van der Waals surface area (Å²) in [6.07, 6.45) is 7.15. The average molecular weight is 359 g/mol. The lowest BCUT2D eigenvalue weighted by Gasteiger charge is -2.18. The number of ether oxygens (including phenoxy) is 1. The van der Waals surface area contributed by atoms with E-state index in [1.165, 1.54) is 0 Å². The number of ketones is 1. The van der Waals surface area contributed by atoms with Crippen LogP contribution in [0.3, 0.4) is 0 Å². The Morgan fingerprint density at radius 3 is 2.63 bits per heavy atom. The number of aromatic nitrogens is 1. The first kappa shape index (κ1) is 17.3. The number of carbonyl (C=O) groups is 2. The molecule has 0 amide bonds. The molecule has 0 aliphatic heterocycles. The number of esters is 1. The number of aromatic amines is 1. The van der Waals surface area contributed by atoms with Crippen molar-refractivity contribution in [2.24, 2.45) is 5.92 Å². The fraction of sp³-hybridized carbons (Fsp3) is 0.217. The van der Waals surface area contributed by atoms with Crippen LogP contribution in [0.1, 0.15) is 41.3 Å². The summed E-state index contributed by atoms with van der Waals surface area (Å²) in [4.78, 5) is 28.9. The van der Waals surface area contributed by atoms with Gasteiger partial charge >= 0.3 is 5.97 Å². The lowest BCUT2D eigenvalue weighted by Crippen LogP contribution is -2.21. The largest absolute Gasteiger partial charge is 0.449 e. The topological polar surface area (TPSA) is 59.2 Å². The van der Waals surface area contributed by atoms with Crippen molar-refractivity contribution in [1.29, 1.82) is 0 Å². The van der Waals surface area contributed by atoms with Gasteiger partial charge in [0.05, 0.1) is 6.42 Å². The number of hydrogen-bond acceptors (Lipinski definition) is 3. The summed E-state index contributed by atoms with van der Waals surface area (Å²) in [7, 11) is 0. The zero-order chi connectivity index (χ0) is 18.6. The first-order valence-electron chi connectivity index (χ1n) is 9.24. The van der Waals surface area contributed by atoms with Gasteiger partial charge in [-0.05, 0) is 24.8 Å². The molecule has 0 saturated carbocycles. The van der Waals surface area contributed by atoms with E-state index in [1.807, 2.05) is 54.6 Å². The minimum atomic E-state index is -0.941. The number of H-pyrrole nitrogens is 1. The third-order valence-corrected chi connectivity index (χ3v) is 4.99. The van der Waals surface area contributed by atoms with Crippen LogP contribution in [-0.4, -0.2) is 16.7 Å². The molecule has 4 rings (SSSR count). The molecule has 1 heterocycles. The van der Waals surface area contributed by atoms with Gasteiger partial charge in [-0.3, -0.25) is 9.59 Å². The van der Waals surface area contributed by atoms with Crippen LogP contribution in [0.25, 0.3) is 10.9 Å². The molecule has 1 aromatic heterocycles. The van der Waals surface area contributed by atoms with Crippen LogP contribution in [0.5, 0.6) is 0 Å². The maximum Gasteiger partial charge on any atom is 0.307 e. The number of Topliss-reactive ketones (excluding diaryl/α,β-unsaturated/α-hetero) is 1. The molecule has 0 saturated heterocycles. The summed E-state index contributed by atoms with van der Waals surface area (Å²) in [6, 6.07) is 16.8. The highest BCUT2D eigenvalue weighted by Crippen LogP contribution is 2.29. The van der Waals surface area contributed by atoms with Gasteiger partial charge in [0.2, 0.25) is 5.78 Å². The fourth-order valence-electron chi connectivity index (χ4n) is 3.58. The predicted octanol–water partition coefficient (Wildman–Crippen LogP) is 4.99. The predicted molar refractivity (Wildman–Crippen MR) is 104 cm³/mol. The number of nitrogens with one attached hydrogen (secondary N) is 1. The zero-order valence-corrected chi connectivity index (χ0v) is 14.9. The number of hydrogen-bond donors (Lipinski definition) is 1. The van der Waals surface area contributed by atoms with E-state index in [-0.39, 0.29) is 17.7 Å². The average Bonchev–Trinajstić information content (AvgIpc) is 3.36. The summed E-state index contributed by atoms with van der Waals surface area (Å²) in [5, 5.41) is 0.832. The summed E-state index contributed by atoms with van der Waals surface area (Å²) >= 11 is 0. The number of fused-ring (bicyclic) bond motifs is 1. The Bertz CT molecular complexity index is 987. The Hall–Kier alpha value is -3.14. The maximum atomic E-state index is 13.3. The molecular weight excluding hydrogens is 338 g/mol. The minimum absolute atomic E-state index is 0.206. The number of carbonyl (C=O) groups excluding carboxylic acids is 2. The second-order valence-electron chi connectivity index (χ2n) is 6.86. The monoisotopic (exact) mass is 359 g/mol. The van der Waals surface area contributed by atoms with Crippen LogP contribution in [0, 0.1) is 5.92 Å². The Morgan fingerprint density at radius 2 is 1.85 bits per heavy atom. The number of para-hydroxylation sites is 1. The van der Waals surface area contributed by atoms with Crippen molar-refractivity contribution in [3.8, 4) is 0 Å². The molecule has 4 heteroatoms.